The summed E-state index contributed by atoms with van der Waals surface area (Å²) in [6.45, 7) is 3.16. The summed E-state index contributed by atoms with van der Waals surface area (Å²) < 4.78 is 0. The SMILES string of the molecule is C/C=C/C(=O)N1CCc2[nH]nc(-c3ccc(Cl)cc3)c2C1. The molecule has 1 N–H and O–H groups in total. The Morgan fingerprint density at radius 1 is 1.38 bits per heavy atom. The summed E-state index contributed by atoms with van der Waals surface area (Å²) in [5, 5.41) is 8.21. The fourth-order valence-corrected chi connectivity index (χ4v) is 2.70. The second-order valence-corrected chi connectivity index (χ2v) is 5.48. The van der Waals surface area contributed by atoms with Crippen LogP contribution in [0.15, 0.2) is 36.4 Å². The maximum absolute atomic E-state index is 12.0. The predicted octanol–water partition coefficient (Wildman–Crippen LogP) is 3.19. The van der Waals surface area contributed by atoms with E-state index in [1.807, 2.05) is 36.1 Å². The number of carbonyl (C=O) groups is 1. The van der Waals surface area contributed by atoms with Crippen molar-refractivity contribution in [1.29, 1.82) is 0 Å². The highest BCUT2D eigenvalue weighted by Crippen LogP contribution is 2.29. The molecular weight excluding hydrogens is 286 g/mol. The third kappa shape index (κ3) is 2.72. The largest absolute Gasteiger partial charge is 0.334 e. The van der Waals surface area contributed by atoms with Crippen LogP contribution in [-0.2, 0) is 17.8 Å². The van der Waals surface area contributed by atoms with E-state index in [4.69, 9.17) is 11.6 Å². The van der Waals surface area contributed by atoms with Crippen LogP contribution >= 0.6 is 11.6 Å². The van der Waals surface area contributed by atoms with Crippen molar-refractivity contribution in [2.45, 2.75) is 19.9 Å². The standard InChI is InChI=1S/C16H16ClN3O/c1-2-3-15(21)20-9-8-14-13(10-20)16(19-18-14)11-4-6-12(17)7-5-11/h2-7H,8-10H2,1H3,(H,18,19)/b3-2+. The maximum Gasteiger partial charge on any atom is 0.246 e. The maximum atomic E-state index is 12.0. The predicted molar refractivity (Wildman–Crippen MR) is 83.0 cm³/mol. The van der Waals surface area contributed by atoms with Gasteiger partial charge in [0, 0.05) is 41.4 Å². The molecule has 2 heterocycles. The van der Waals surface area contributed by atoms with E-state index >= 15 is 0 Å². The van der Waals surface area contributed by atoms with Gasteiger partial charge >= 0.3 is 0 Å². The number of rotatable bonds is 2. The van der Waals surface area contributed by atoms with E-state index in [1.54, 1.807) is 12.2 Å². The molecule has 0 saturated carbocycles. The van der Waals surface area contributed by atoms with Crippen LogP contribution in [0.3, 0.4) is 0 Å². The highest BCUT2D eigenvalue weighted by atomic mass is 35.5. The molecule has 0 fully saturated rings. The van der Waals surface area contributed by atoms with E-state index in [0.717, 1.165) is 35.5 Å². The van der Waals surface area contributed by atoms with Crippen LogP contribution in [0.5, 0.6) is 0 Å². The molecule has 1 aromatic heterocycles. The molecule has 5 heteroatoms. The molecule has 1 aliphatic rings. The first-order valence-corrected chi connectivity index (χ1v) is 7.30. The molecule has 0 bridgehead atoms. The topological polar surface area (TPSA) is 49.0 Å². The summed E-state index contributed by atoms with van der Waals surface area (Å²) in [5.41, 5.74) is 4.13. The van der Waals surface area contributed by atoms with Gasteiger partial charge in [-0.3, -0.25) is 9.89 Å². The van der Waals surface area contributed by atoms with Gasteiger partial charge in [-0.2, -0.15) is 5.10 Å². The van der Waals surface area contributed by atoms with Gasteiger partial charge < -0.3 is 4.90 Å². The number of nitrogens with zero attached hydrogens (tertiary/aromatic N) is 2. The molecule has 1 aliphatic heterocycles. The summed E-state index contributed by atoms with van der Waals surface area (Å²) in [4.78, 5) is 13.9. The Balaban J connectivity index is 1.92. The van der Waals surface area contributed by atoms with E-state index in [-0.39, 0.29) is 5.91 Å². The van der Waals surface area contributed by atoms with Gasteiger partial charge in [0.2, 0.25) is 5.91 Å². The van der Waals surface area contributed by atoms with Crippen molar-refractivity contribution < 1.29 is 4.79 Å². The Labute approximate surface area is 128 Å². The Morgan fingerprint density at radius 2 is 2.14 bits per heavy atom. The van der Waals surface area contributed by atoms with E-state index in [9.17, 15) is 4.79 Å². The van der Waals surface area contributed by atoms with Gasteiger partial charge in [-0.25, -0.2) is 0 Å². The Kier molecular flexibility index (Phi) is 3.80. The number of carbonyl (C=O) groups excluding carboxylic acids is 1. The Hall–Kier alpha value is -2.07. The van der Waals surface area contributed by atoms with Crippen molar-refractivity contribution in [3.8, 4) is 11.3 Å². The number of benzene rings is 1. The minimum atomic E-state index is 0.0476. The minimum absolute atomic E-state index is 0.0476. The van der Waals surface area contributed by atoms with Crippen molar-refractivity contribution in [1.82, 2.24) is 15.1 Å². The third-order valence-corrected chi connectivity index (χ3v) is 3.92. The van der Waals surface area contributed by atoms with Crippen molar-refractivity contribution in [2.24, 2.45) is 0 Å². The van der Waals surface area contributed by atoms with Gasteiger partial charge in [0.1, 0.15) is 0 Å². The molecular formula is C16H16ClN3O. The van der Waals surface area contributed by atoms with Crippen molar-refractivity contribution in [2.75, 3.05) is 6.54 Å². The molecule has 1 aromatic carbocycles. The molecule has 0 unspecified atom stereocenters. The van der Waals surface area contributed by atoms with Gasteiger partial charge in [-0.05, 0) is 25.1 Å². The molecule has 0 radical (unpaired) electrons. The number of aromatic nitrogens is 2. The fourth-order valence-electron chi connectivity index (χ4n) is 2.58. The van der Waals surface area contributed by atoms with Gasteiger partial charge in [-0.15, -0.1) is 0 Å². The van der Waals surface area contributed by atoms with Gasteiger partial charge in [-0.1, -0.05) is 29.8 Å². The van der Waals surface area contributed by atoms with E-state index < -0.39 is 0 Å². The van der Waals surface area contributed by atoms with Crippen molar-refractivity contribution in [3.63, 3.8) is 0 Å². The summed E-state index contributed by atoms with van der Waals surface area (Å²) >= 11 is 5.93. The molecule has 0 aliphatic carbocycles. The zero-order valence-corrected chi connectivity index (χ0v) is 12.5. The molecule has 0 spiro atoms. The van der Waals surface area contributed by atoms with Crippen LogP contribution in [-0.4, -0.2) is 27.5 Å². The van der Waals surface area contributed by atoms with Crippen LogP contribution in [0.2, 0.25) is 5.02 Å². The molecule has 0 atom stereocenters. The number of aromatic amines is 1. The molecule has 108 valence electrons. The normalized spacial score (nSPS) is 14.5. The molecule has 21 heavy (non-hydrogen) atoms. The molecule has 0 saturated heterocycles. The lowest BCUT2D eigenvalue weighted by atomic mass is 10.0. The quantitative estimate of drug-likeness (QED) is 0.866. The number of hydrogen-bond acceptors (Lipinski definition) is 2. The average molecular weight is 302 g/mol. The first-order chi connectivity index (χ1) is 10.2. The van der Waals surface area contributed by atoms with Crippen LogP contribution in [0.25, 0.3) is 11.3 Å². The fraction of sp³-hybridized carbons (Fsp3) is 0.250. The molecule has 2 aromatic rings. The molecule has 1 amide bonds. The number of allylic oxidation sites excluding steroid dienone is 1. The van der Waals surface area contributed by atoms with Crippen LogP contribution in [0.1, 0.15) is 18.2 Å². The second-order valence-electron chi connectivity index (χ2n) is 5.05. The summed E-state index contributed by atoms with van der Waals surface area (Å²) in [6, 6.07) is 7.60. The summed E-state index contributed by atoms with van der Waals surface area (Å²) in [6.07, 6.45) is 4.18. The summed E-state index contributed by atoms with van der Waals surface area (Å²) in [7, 11) is 0. The van der Waals surface area contributed by atoms with E-state index in [0.29, 0.717) is 11.6 Å². The molecule has 3 rings (SSSR count). The number of nitrogens with one attached hydrogen (secondary N) is 1. The number of halogens is 1. The smallest absolute Gasteiger partial charge is 0.246 e. The lowest BCUT2D eigenvalue weighted by Crippen LogP contribution is -2.34. The van der Waals surface area contributed by atoms with Crippen molar-refractivity contribution in [3.05, 3.63) is 52.7 Å². The van der Waals surface area contributed by atoms with E-state index in [2.05, 4.69) is 10.2 Å². The number of hydrogen-bond donors (Lipinski definition) is 1. The number of amides is 1. The highest BCUT2D eigenvalue weighted by Gasteiger charge is 2.24. The van der Waals surface area contributed by atoms with Crippen LogP contribution in [0, 0.1) is 0 Å². The van der Waals surface area contributed by atoms with Crippen LogP contribution < -0.4 is 0 Å². The van der Waals surface area contributed by atoms with Gasteiger partial charge in [0.05, 0.1) is 5.69 Å². The Bertz CT molecular complexity index is 688. The number of H-pyrrole nitrogens is 1. The van der Waals surface area contributed by atoms with E-state index in [1.165, 1.54) is 0 Å². The first-order valence-electron chi connectivity index (χ1n) is 6.92. The van der Waals surface area contributed by atoms with Crippen LogP contribution in [0.4, 0.5) is 0 Å². The second kappa shape index (κ2) is 5.74. The zero-order valence-electron chi connectivity index (χ0n) is 11.8. The lowest BCUT2D eigenvalue weighted by Gasteiger charge is -2.26. The average Bonchev–Trinajstić information content (AvgIpc) is 2.91. The monoisotopic (exact) mass is 301 g/mol. The minimum Gasteiger partial charge on any atom is -0.334 e. The highest BCUT2D eigenvalue weighted by molar-refractivity contribution is 6.30. The number of fused-ring (bicyclic) bond motifs is 1. The third-order valence-electron chi connectivity index (χ3n) is 3.67. The van der Waals surface area contributed by atoms with Crippen molar-refractivity contribution >= 4 is 17.5 Å². The zero-order chi connectivity index (χ0) is 14.8. The lowest BCUT2D eigenvalue weighted by molar-refractivity contribution is -0.126. The molecule has 4 nitrogen and oxygen atoms in total. The first kappa shape index (κ1) is 13.9. The Morgan fingerprint density at radius 3 is 2.86 bits per heavy atom. The van der Waals surface area contributed by atoms with Gasteiger partial charge in [0.25, 0.3) is 0 Å². The van der Waals surface area contributed by atoms with Gasteiger partial charge in [0.15, 0.2) is 0 Å². The summed E-state index contributed by atoms with van der Waals surface area (Å²) in [5.74, 6) is 0.0476.